The molecular formula is C26H19FN4O4. The van der Waals surface area contributed by atoms with Crippen LogP contribution in [-0.2, 0) is 14.3 Å². The van der Waals surface area contributed by atoms with E-state index in [1.165, 1.54) is 40.0 Å². The Balaban J connectivity index is 1.40. The van der Waals surface area contributed by atoms with Crippen molar-refractivity contribution < 1.29 is 23.5 Å². The molecule has 8 nitrogen and oxygen atoms in total. The van der Waals surface area contributed by atoms with Crippen molar-refractivity contribution in [2.45, 2.75) is 0 Å². The second-order valence-electron chi connectivity index (χ2n) is 7.80. The molecule has 35 heavy (non-hydrogen) atoms. The van der Waals surface area contributed by atoms with Crippen LogP contribution in [0.2, 0.25) is 0 Å². The van der Waals surface area contributed by atoms with E-state index in [9.17, 15) is 18.8 Å². The van der Waals surface area contributed by atoms with Crippen molar-refractivity contribution in [2.24, 2.45) is 0 Å². The third-order valence-electron chi connectivity index (χ3n) is 5.47. The van der Waals surface area contributed by atoms with Gasteiger partial charge in [0.1, 0.15) is 23.6 Å². The smallest absolute Gasteiger partial charge is 0.342 e. The van der Waals surface area contributed by atoms with Gasteiger partial charge in [0.15, 0.2) is 6.61 Å². The molecule has 174 valence electrons. The first-order valence-electron chi connectivity index (χ1n) is 10.8. The Morgan fingerprint density at radius 3 is 2.46 bits per heavy atom. The second kappa shape index (κ2) is 9.22. The van der Waals surface area contributed by atoms with Gasteiger partial charge in [-0.2, -0.15) is 5.10 Å². The lowest BCUT2D eigenvalue weighted by Gasteiger charge is -2.28. The minimum absolute atomic E-state index is 0.116. The lowest BCUT2D eigenvalue weighted by molar-refractivity contribution is -0.124. The number of ether oxygens (including phenoxy) is 1. The van der Waals surface area contributed by atoms with Crippen LogP contribution in [0.1, 0.15) is 10.4 Å². The summed E-state index contributed by atoms with van der Waals surface area (Å²) in [6.07, 6.45) is 1.50. The number of rotatable bonds is 5. The number of halogens is 1. The van der Waals surface area contributed by atoms with Crippen LogP contribution in [0.25, 0.3) is 16.9 Å². The van der Waals surface area contributed by atoms with Gasteiger partial charge in [0.25, 0.3) is 5.91 Å². The van der Waals surface area contributed by atoms with E-state index in [1.807, 2.05) is 30.3 Å². The molecule has 4 aromatic rings. The van der Waals surface area contributed by atoms with Gasteiger partial charge in [-0.3, -0.25) is 14.5 Å². The summed E-state index contributed by atoms with van der Waals surface area (Å²) < 4.78 is 20.3. The Hall–Kier alpha value is -4.79. The van der Waals surface area contributed by atoms with Crippen LogP contribution in [0.3, 0.4) is 0 Å². The number of hydrogen-bond donors (Lipinski definition) is 1. The molecule has 3 aromatic carbocycles. The standard InChI is InChI=1S/C26H19FN4O4/c27-18-12-10-17(11-13-18)25-20(14-31(29-25)19-6-2-1-3-7-19)26(34)35-16-24(33)30-15-23(32)28-21-8-4-5-9-22(21)30/h1-14H,15-16H2,(H,28,32). The second-order valence-corrected chi connectivity index (χ2v) is 7.80. The van der Waals surface area contributed by atoms with Crippen molar-refractivity contribution in [3.8, 4) is 16.9 Å². The monoisotopic (exact) mass is 470 g/mol. The molecule has 2 heterocycles. The van der Waals surface area contributed by atoms with Crippen LogP contribution >= 0.6 is 0 Å². The molecule has 0 fully saturated rings. The average Bonchev–Trinajstić information content (AvgIpc) is 3.33. The van der Waals surface area contributed by atoms with E-state index in [1.54, 1.807) is 24.3 Å². The Morgan fingerprint density at radius 1 is 0.971 bits per heavy atom. The predicted molar refractivity (Wildman–Crippen MR) is 127 cm³/mol. The summed E-state index contributed by atoms with van der Waals surface area (Å²) in [5, 5.41) is 7.21. The average molecular weight is 470 g/mol. The van der Waals surface area contributed by atoms with E-state index in [2.05, 4.69) is 10.4 Å². The van der Waals surface area contributed by atoms with Crippen LogP contribution < -0.4 is 10.2 Å². The van der Waals surface area contributed by atoms with E-state index in [0.717, 1.165) is 0 Å². The number of nitrogens with zero attached hydrogens (tertiary/aromatic N) is 3. The highest BCUT2D eigenvalue weighted by Gasteiger charge is 2.28. The van der Waals surface area contributed by atoms with E-state index < -0.39 is 24.3 Å². The third-order valence-corrected chi connectivity index (χ3v) is 5.47. The zero-order valence-electron chi connectivity index (χ0n) is 18.3. The summed E-state index contributed by atoms with van der Waals surface area (Å²) in [6.45, 7) is -0.750. The quantitative estimate of drug-likeness (QED) is 0.448. The maximum absolute atomic E-state index is 13.5. The summed E-state index contributed by atoms with van der Waals surface area (Å²) in [5.74, 6) is -2.07. The molecule has 2 amide bonds. The molecule has 0 radical (unpaired) electrons. The SMILES string of the molecule is O=C1CN(C(=O)COC(=O)c2cn(-c3ccccc3)nc2-c2ccc(F)cc2)c2ccccc2N1. The van der Waals surface area contributed by atoms with Crippen molar-refractivity contribution >= 4 is 29.2 Å². The maximum atomic E-state index is 13.5. The lowest BCUT2D eigenvalue weighted by Crippen LogP contribution is -2.44. The molecule has 0 unspecified atom stereocenters. The molecular weight excluding hydrogens is 451 g/mol. The fourth-order valence-electron chi connectivity index (χ4n) is 3.80. The number of carbonyl (C=O) groups excluding carboxylic acids is 3. The number of aromatic nitrogens is 2. The van der Waals surface area contributed by atoms with Gasteiger partial charge >= 0.3 is 5.97 Å². The van der Waals surface area contributed by atoms with Gasteiger partial charge in [0.2, 0.25) is 5.91 Å². The minimum atomic E-state index is -0.769. The normalized spacial score (nSPS) is 12.6. The number of amides is 2. The highest BCUT2D eigenvalue weighted by Crippen LogP contribution is 2.29. The van der Waals surface area contributed by atoms with Crippen LogP contribution in [0.5, 0.6) is 0 Å². The van der Waals surface area contributed by atoms with Crippen LogP contribution in [0, 0.1) is 5.82 Å². The first-order valence-corrected chi connectivity index (χ1v) is 10.8. The molecule has 1 aromatic heterocycles. The van der Waals surface area contributed by atoms with Crippen molar-refractivity contribution in [1.29, 1.82) is 0 Å². The number of nitrogens with one attached hydrogen (secondary N) is 1. The number of carbonyl (C=O) groups is 3. The van der Waals surface area contributed by atoms with Crippen LogP contribution in [-0.4, -0.2) is 40.7 Å². The highest BCUT2D eigenvalue weighted by atomic mass is 19.1. The molecule has 0 atom stereocenters. The number of fused-ring (bicyclic) bond motifs is 1. The van der Waals surface area contributed by atoms with Gasteiger partial charge in [0.05, 0.1) is 17.1 Å². The summed E-state index contributed by atoms with van der Waals surface area (Å²) in [7, 11) is 0. The zero-order valence-corrected chi connectivity index (χ0v) is 18.3. The van der Waals surface area contributed by atoms with Crippen molar-refractivity contribution in [3.63, 3.8) is 0 Å². The fourth-order valence-corrected chi connectivity index (χ4v) is 3.80. The van der Waals surface area contributed by atoms with Gasteiger partial charge < -0.3 is 10.1 Å². The van der Waals surface area contributed by atoms with Gasteiger partial charge in [-0.25, -0.2) is 13.9 Å². The molecule has 0 spiro atoms. The number of anilines is 2. The zero-order chi connectivity index (χ0) is 24.4. The molecule has 0 bridgehead atoms. The van der Waals surface area contributed by atoms with Gasteiger partial charge in [-0.05, 0) is 48.5 Å². The lowest BCUT2D eigenvalue weighted by atomic mass is 10.1. The molecule has 9 heteroatoms. The molecule has 1 N–H and O–H groups in total. The Bertz CT molecular complexity index is 1420. The Morgan fingerprint density at radius 2 is 1.69 bits per heavy atom. The van der Waals surface area contributed by atoms with Crippen LogP contribution in [0.4, 0.5) is 15.8 Å². The molecule has 1 aliphatic rings. The molecule has 5 rings (SSSR count). The van der Waals surface area contributed by atoms with Crippen molar-refractivity contribution in [2.75, 3.05) is 23.4 Å². The molecule has 0 saturated carbocycles. The Labute approximate surface area is 199 Å². The first kappa shape index (κ1) is 22.0. The van der Waals surface area contributed by atoms with E-state index in [0.29, 0.717) is 22.6 Å². The number of hydrogen-bond acceptors (Lipinski definition) is 5. The largest absolute Gasteiger partial charge is 0.452 e. The Kier molecular flexibility index (Phi) is 5.80. The number of para-hydroxylation sites is 3. The maximum Gasteiger partial charge on any atom is 0.342 e. The van der Waals surface area contributed by atoms with Crippen molar-refractivity contribution in [3.05, 3.63) is 96.4 Å². The molecule has 0 aliphatic carbocycles. The molecule has 0 saturated heterocycles. The van der Waals surface area contributed by atoms with Gasteiger partial charge in [-0.15, -0.1) is 0 Å². The minimum Gasteiger partial charge on any atom is -0.452 e. The summed E-state index contributed by atoms with van der Waals surface area (Å²) >= 11 is 0. The topological polar surface area (TPSA) is 93.5 Å². The predicted octanol–water partition coefficient (Wildman–Crippen LogP) is 3.82. The van der Waals surface area contributed by atoms with E-state index in [-0.39, 0.29) is 23.7 Å². The van der Waals surface area contributed by atoms with E-state index in [4.69, 9.17) is 4.74 Å². The fraction of sp³-hybridized carbons (Fsp3) is 0.0769. The van der Waals surface area contributed by atoms with Crippen molar-refractivity contribution in [1.82, 2.24) is 9.78 Å². The van der Waals surface area contributed by atoms with Gasteiger partial charge in [0, 0.05) is 11.8 Å². The number of esters is 1. The third kappa shape index (κ3) is 4.51. The molecule has 1 aliphatic heterocycles. The van der Waals surface area contributed by atoms with Crippen LogP contribution in [0.15, 0.2) is 85.1 Å². The summed E-state index contributed by atoms with van der Waals surface area (Å²) in [4.78, 5) is 39.2. The highest BCUT2D eigenvalue weighted by molar-refractivity contribution is 6.10. The van der Waals surface area contributed by atoms with E-state index >= 15 is 0 Å². The summed E-state index contributed by atoms with van der Waals surface area (Å²) in [5.41, 5.74) is 2.66. The first-order chi connectivity index (χ1) is 17.0. The van der Waals surface area contributed by atoms with Gasteiger partial charge in [-0.1, -0.05) is 30.3 Å². The number of benzene rings is 3. The summed E-state index contributed by atoms with van der Waals surface area (Å²) in [6, 6.07) is 21.6.